The highest BCUT2D eigenvalue weighted by molar-refractivity contribution is 5.74. The Kier molecular flexibility index (Phi) is 2.27. The molecule has 1 rings (SSSR count). The second kappa shape index (κ2) is 3.01. The molecule has 10 heavy (non-hydrogen) atoms. The molecule has 0 radical (unpaired) electrons. The normalized spacial score (nSPS) is 32.4. The fraction of sp³-hybridized carbons (Fsp3) is 0.857. The van der Waals surface area contributed by atoms with E-state index in [0.29, 0.717) is 0 Å². The summed E-state index contributed by atoms with van der Waals surface area (Å²) in [6, 6.07) is 0.187. The van der Waals surface area contributed by atoms with Gasteiger partial charge in [0, 0.05) is 0 Å². The second-order valence-corrected chi connectivity index (χ2v) is 2.72. The summed E-state index contributed by atoms with van der Waals surface area (Å²) in [6.45, 7) is 4.03. The molecule has 3 heteroatoms. The number of carbonyl (C=O) groups excluding carboxylic acids is 1. The summed E-state index contributed by atoms with van der Waals surface area (Å²) in [6.07, 6.45) is 1.96. The summed E-state index contributed by atoms with van der Waals surface area (Å²) in [5.41, 5.74) is 2.65. The molecule has 0 aromatic heterocycles. The molecule has 0 aromatic rings. The zero-order valence-corrected chi connectivity index (χ0v) is 6.39. The molecule has 58 valence electrons. The molecule has 0 bridgehead atoms. The minimum atomic E-state index is -0.102. The second-order valence-electron chi connectivity index (χ2n) is 2.72. The van der Waals surface area contributed by atoms with Gasteiger partial charge in [-0.3, -0.25) is 4.79 Å². The predicted molar refractivity (Wildman–Crippen MR) is 37.1 cm³/mol. The molecule has 1 fully saturated rings. The van der Waals surface area contributed by atoms with Crippen molar-refractivity contribution in [3.8, 4) is 0 Å². The van der Waals surface area contributed by atoms with Gasteiger partial charge in [0.15, 0.2) is 0 Å². The third-order valence-corrected chi connectivity index (χ3v) is 1.85. The lowest BCUT2D eigenvalue weighted by Gasteiger charge is -2.06. The zero-order valence-electron chi connectivity index (χ0n) is 6.39. The summed E-state index contributed by atoms with van der Waals surface area (Å²) in [5, 5.41) is 0. The quantitative estimate of drug-likeness (QED) is 0.622. The lowest BCUT2D eigenvalue weighted by Crippen LogP contribution is -2.22. The molecule has 0 aliphatic carbocycles. The van der Waals surface area contributed by atoms with Crippen molar-refractivity contribution in [2.45, 2.75) is 32.7 Å². The van der Waals surface area contributed by atoms with Crippen LogP contribution in [0, 0.1) is 5.92 Å². The van der Waals surface area contributed by atoms with Gasteiger partial charge in [0.25, 0.3) is 0 Å². The zero-order chi connectivity index (χ0) is 7.56. The van der Waals surface area contributed by atoms with E-state index in [1.165, 1.54) is 0 Å². The first-order chi connectivity index (χ1) is 4.75. The van der Waals surface area contributed by atoms with Crippen molar-refractivity contribution in [3.05, 3.63) is 0 Å². The highest BCUT2D eigenvalue weighted by atomic mass is 16.7. The molecule has 1 aliphatic rings. The van der Waals surface area contributed by atoms with Crippen molar-refractivity contribution in [1.82, 2.24) is 5.48 Å². The molecule has 1 saturated heterocycles. The Hall–Kier alpha value is -0.570. The van der Waals surface area contributed by atoms with Crippen LogP contribution < -0.4 is 5.48 Å². The van der Waals surface area contributed by atoms with Crippen molar-refractivity contribution < 1.29 is 9.63 Å². The summed E-state index contributed by atoms with van der Waals surface area (Å²) in [4.78, 5) is 15.5. The van der Waals surface area contributed by atoms with Gasteiger partial charge in [-0.05, 0) is 13.3 Å². The van der Waals surface area contributed by atoms with Crippen LogP contribution in [0.25, 0.3) is 0 Å². The van der Waals surface area contributed by atoms with Crippen LogP contribution in [0.3, 0.4) is 0 Å². The van der Waals surface area contributed by atoms with Crippen LogP contribution in [0.2, 0.25) is 0 Å². The van der Waals surface area contributed by atoms with Gasteiger partial charge in [-0.25, -0.2) is 0 Å². The van der Waals surface area contributed by atoms with E-state index in [1.54, 1.807) is 0 Å². The fourth-order valence-corrected chi connectivity index (χ4v) is 1.19. The van der Waals surface area contributed by atoms with Crippen LogP contribution in [-0.2, 0) is 9.63 Å². The molecule has 0 amide bonds. The Morgan fingerprint density at radius 3 is 2.80 bits per heavy atom. The van der Waals surface area contributed by atoms with E-state index < -0.39 is 0 Å². The van der Waals surface area contributed by atoms with Gasteiger partial charge in [0.05, 0.1) is 12.0 Å². The van der Waals surface area contributed by atoms with Gasteiger partial charge >= 0.3 is 5.97 Å². The molecule has 2 atom stereocenters. The minimum Gasteiger partial charge on any atom is -0.370 e. The Bertz CT molecular complexity index is 136. The first kappa shape index (κ1) is 7.54. The van der Waals surface area contributed by atoms with E-state index in [4.69, 9.17) is 0 Å². The van der Waals surface area contributed by atoms with Crippen LogP contribution in [0.4, 0.5) is 0 Å². The van der Waals surface area contributed by atoms with Crippen molar-refractivity contribution in [2.75, 3.05) is 0 Å². The van der Waals surface area contributed by atoms with Crippen molar-refractivity contribution in [2.24, 2.45) is 5.92 Å². The Morgan fingerprint density at radius 1 is 1.70 bits per heavy atom. The first-order valence-electron chi connectivity index (χ1n) is 3.72. The van der Waals surface area contributed by atoms with Gasteiger partial charge in [0.2, 0.25) is 0 Å². The van der Waals surface area contributed by atoms with Gasteiger partial charge in [-0.15, -0.1) is 5.48 Å². The number of hydrogen-bond acceptors (Lipinski definition) is 3. The smallest absolute Gasteiger partial charge is 0.329 e. The average molecular weight is 143 g/mol. The molecule has 0 saturated carbocycles. The van der Waals surface area contributed by atoms with Crippen molar-refractivity contribution >= 4 is 5.97 Å². The molecular weight excluding hydrogens is 130 g/mol. The van der Waals surface area contributed by atoms with E-state index in [1.807, 2.05) is 6.92 Å². The Morgan fingerprint density at radius 2 is 2.40 bits per heavy atom. The third kappa shape index (κ3) is 1.29. The maximum absolute atomic E-state index is 10.9. The number of nitrogens with one attached hydrogen (secondary N) is 1. The van der Waals surface area contributed by atoms with Crippen molar-refractivity contribution in [3.63, 3.8) is 0 Å². The van der Waals surface area contributed by atoms with Crippen molar-refractivity contribution in [1.29, 1.82) is 0 Å². The van der Waals surface area contributed by atoms with Gasteiger partial charge in [-0.2, -0.15) is 0 Å². The largest absolute Gasteiger partial charge is 0.370 e. The van der Waals surface area contributed by atoms with E-state index >= 15 is 0 Å². The molecular formula is C7H13NO2. The van der Waals surface area contributed by atoms with E-state index in [0.717, 1.165) is 12.8 Å². The van der Waals surface area contributed by atoms with E-state index in [9.17, 15) is 4.79 Å². The Labute approximate surface area is 60.7 Å². The molecule has 0 spiro atoms. The highest BCUT2D eigenvalue weighted by Crippen LogP contribution is 2.17. The van der Waals surface area contributed by atoms with Crippen LogP contribution in [-0.4, -0.2) is 12.0 Å². The monoisotopic (exact) mass is 143 g/mol. The predicted octanol–water partition coefficient (Wildman–Crippen LogP) is 0.853. The molecule has 1 heterocycles. The SMILES string of the molecule is CCCC1C(=O)ONC1C. The number of rotatable bonds is 2. The van der Waals surface area contributed by atoms with Crippen LogP contribution >= 0.6 is 0 Å². The molecule has 2 unspecified atom stereocenters. The summed E-state index contributed by atoms with van der Waals surface area (Å²) in [5.74, 6) is -0.0284. The van der Waals surface area contributed by atoms with Gasteiger partial charge in [0.1, 0.15) is 0 Å². The molecule has 0 aromatic carbocycles. The van der Waals surface area contributed by atoms with E-state index in [-0.39, 0.29) is 17.9 Å². The molecule has 1 N–H and O–H groups in total. The number of hydrogen-bond donors (Lipinski definition) is 1. The Balaban J connectivity index is 2.46. The molecule has 1 aliphatic heterocycles. The van der Waals surface area contributed by atoms with Gasteiger partial charge < -0.3 is 4.84 Å². The standard InChI is InChI=1S/C7H13NO2/c1-3-4-6-5(2)8-10-7(6)9/h5-6,8H,3-4H2,1-2H3. The number of carbonyl (C=O) groups is 1. The maximum atomic E-state index is 10.9. The van der Waals surface area contributed by atoms with E-state index in [2.05, 4.69) is 17.2 Å². The third-order valence-electron chi connectivity index (χ3n) is 1.85. The summed E-state index contributed by atoms with van der Waals surface area (Å²) >= 11 is 0. The van der Waals surface area contributed by atoms with Crippen LogP contribution in [0.5, 0.6) is 0 Å². The topological polar surface area (TPSA) is 38.3 Å². The maximum Gasteiger partial charge on any atom is 0.329 e. The highest BCUT2D eigenvalue weighted by Gasteiger charge is 2.32. The first-order valence-corrected chi connectivity index (χ1v) is 3.72. The minimum absolute atomic E-state index is 0.0741. The van der Waals surface area contributed by atoms with Gasteiger partial charge in [-0.1, -0.05) is 13.3 Å². The van der Waals surface area contributed by atoms with Crippen LogP contribution in [0.1, 0.15) is 26.7 Å². The lowest BCUT2D eigenvalue weighted by atomic mass is 9.98. The number of hydroxylamine groups is 1. The van der Waals surface area contributed by atoms with Crippen LogP contribution in [0.15, 0.2) is 0 Å². The average Bonchev–Trinajstić information content (AvgIpc) is 2.20. The lowest BCUT2D eigenvalue weighted by molar-refractivity contribution is -0.145. The summed E-state index contributed by atoms with van der Waals surface area (Å²) in [7, 11) is 0. The fourth-order valence-electron chi connectivity index (χ4n) is 1.19. The summed E-state index contributed by atoms with van der Waals surface area (Å²) < 4.78 is 0. The molecule has 3 nitrogen and oxygen atoms in total.